The largest absolute Gasteiger partial charge is 0.383 e. The third kappa shape index (κ3) is 3.05. The molecule has 20 heavy (non-hydrogen) atoms. The zero-order valence-electron chi connectivity index (χ0n) is 12.5. The molecular formula is C15H21N3O2. The molecule has 1 atom stereocenters. The molecule has 1 unspecified atom stereocenters. The first kappa shape index (κ1) is 14.7. The Balaban J connectivity index is 2.32. The monoisotopic (exact) mass is 275 g/mol. The summed E-state index contributed by atoms with van der Waals surface area (Å²) in [5.41, 5.74) is 2.47. The highest BCUT2D eigenvalue weighted by Crippen LogP contribution is 2.08. The van der Waals surface area contributed by atoms with Crippen molar-refractivity contribution in [1.29, 1.82) is 0 Å². The van der Waals surface area contributed by atoms with Crippen LogP contribution in [0.5, 0.6) is 0 Å². The number of hydrogen-bond donors (Lipinski definition) is 0. The van der Waals surface area contributed by atoms with Crippen LogP contribution in [0.15, 0.2) is 29.2 Å². The van der Waals surface area contributed by atoms with Gasteiger partial charge in [-0.15, -0.1) is 0 Å². The first-order chi connectivity index (χ1) is 9.52. The zero-order chi connectivity index (χ0) is 14.7. The Kier molecular flexibility index (Phi) is 4.52. The van der Waals surface area contributed by atoms with Crippen LogP contribution in [0, 0.1) is 6.92 Å². The smallest absolute Gasteiger partial charge is 0.258 e. The molecule has 0 aliphatic carbocycles. The quantitative estimate of drug-likeness (QED) is 0.829. The van der Waals surface area contributed by atoms with Crippen molar-refractivity contribution in [3.63, 3.8) is 0 Å². The maximum absolute atomic E-state index is 12.1. The average Bonchev–Trinajstić information content (AvgIpc) is 2.40. The number of hydrogen-bond acceptors (Lipinski definition) is 4. The van der Waals surface area contributed by atoms with Crippen molar-refractivity contribution in [2.24, 2.45) is 0 Å². The predicted octanol–water partition coefficient (Wildman–Crippen LogP) is 1.47. The van der Waals surface area contributed by atoms with Crippen LogP contribution in [0.1, 0.15) is 18.2 Å². The minimum Gasteiger partial charge on any atom is -0.383 e. The molecule has 0 amide bonds. The molecule has 5 heteroatoms. The minimum atomic E-state index is -0.0403. The molecule has 2 aromatic heterocycles. The summed E-state index contributed by atoms with van der Waals surface area (Å²) in [6.45, 7) is 5.33. The highest BCUT2D eigenvalue weighted by molar-refractivity contribution is 5.46. The van der Waals surface area contributed by atoms with Gasteiger partial charge in [-0.2, -0.15) is 0 Å². The van der Waals surface area contributed by atoms with E-state index in [0.717, 1.165) is 16.9 Å². The first-order valence-electron chi connectivity index (χ1n) is 6.70. The number of aryl methyl sites for hydroxylation is 1. The Bertz CT molecular complexity index is 651. The summed E-state index contributed by atoms with van der Waals surface area (Å²) in [7, 11) is 3.69. The summed E-state index contributed by atoms with van der Waals surface area (Å²) in [6, 6.07) is 5.69. The van der Waals surface area contributed by atoms with Gasteiger partial charge in [0.2, 0.25) is 0 Å². The molecule has 0 saturated heterocycles. The van der Waals surface area contributed by atoms with Crippen molar-refractivity contribution in [3.05, 3.63) is 46.0 Å². The lowest BCUT2D eigenvalue weighted by Crippen LogP contribution is -2.33. The summed E-state index contributed by atoms with van der Waals surface area (Å²) in [4.78, 5) is 18.8. The summed E-state index contributed by atoms with van der Waals surface area (Å²) in [6.07, 6.45) is 1.75. The Morgan fingerprint density at radius 1 is 1.50 bits per heavy atom. The number of ether oxygens (including phenoxy) is 1. The minimum absolute atomic E-state index is 0.0403. The Labute approximate surface area is 118 Å². The lowest BCUT2D eigenvalue weighted by Gasteiger charge is -2.23. The van der Waals surface area contributed by atoms with Gasteiger partial charge in [-0.25, -0.2) is 4.98 Å². The van der Waals surface area contributed by atoms with Crippen molar-refractivity contribution in [1.82, 2.24) is 14.3 Å². The molecule has 2 aromatic rings. The van der Waals surface area contributed by atoms with Crippen molar-refractivity contribution < 1.29 is 4.74 Å². The molecular weight excluding hydrogens is 254 g/mol. The van der Waals surface area contributed by atoms with Crippen molar-refractivity contribution in [3.8, 4) is 0 Å². The maximum Gasteiger partial charge on any atom is 0.258 e. The van der Waals surface area contributed by atoms with E-state index >= 15 is 0 Å². The maximum atomic E-state index is 12.1. The number of methoxy groups -OCH3 is 1. The fraction of sp³-hybridized carbons (Fsp3) is 0.467. The summed E-state index contributed by atoms with van der Waals surface area (Å²) in [5, 5.41) is 0. The summed E-state index contributed by atoms with van der Waals surface area (Å²) >= 11 is 0. The topological polar surface area (TPSA) is 46.8 Å². The van der Waals surface area contributed by atoms with Crippen LogP contribution in [0.2, 0.25) is 0 Å². The SMILES string of the molecule is COCC(C)N(C)Cc1cc(=O)n2cccc(C)c2n1. The number of pyridine rings is 1. The van der Waals surface area contributed by atoms with Crippen molar-refractivity contribution >= 4 is 5.65 Å². The fourth-order valence-electron chi connectivity index (χ4n) is 2.17. The van der Waals surface area contributed by atoms with Crippen LogP contribution < -0.4 is 5.56 Å². The van der Waals surface area contributed by atoms with E-state index in [1.165, 1.54) is 0 Å². The van der Waals surface area contributed by atoms with E-state index in [1.54, 1.807) is 23.8 Å². The van der Waals surface area contributed by atoms with E-state index in [1.807, 2.05) is 26.1 Å². The standard InChI is InChI=1S/C15H21N3O2/c1-11-6-5-7-18-14(19)8-13(16-15(11)18)9-17(3)12(2)10-20-4/h5-8,12H,9-10H2,1-4H3. The second kappa shape index (κ2) is 6.15. The number of rotatable bonds is 5. The lowest BCUT2D eigenvalue weighted by molar-refractivity contribution is 0.111. The molecule has 0 N–H and O–H groups in total. The van der Waals surface area contributed by atoms with Gasteiger partial charge >= 0.3 is 0 Å². The van der Waals surface area contributed by atoms with Gasteiger partial charge in [0.15, 0.2) is 0 Å². The van der Waals surface area contributed by atoms with E-state index in [0.29, 0.717) is 13.2 Å². The molecule has 0 aliphatic rings. The third-order valence-corrected chi connectivity index (χ3v) is 3.51. The molecule has 5 nitrogen and oxygen atoms in total. The highest BCUT2D eigenvalue weighted by Gasteiger charge is 2.11. The molecule has 0 bridgehead atoms. The average molecular weight is 275 g/mol. The Hall–Kier alpha value is -1.72. The van der Waals surface area contributed by atoms with E-state index in [-0.39, 0.29) is 11.6 Å². The molecule has 0 aromatic carbocycles. The van der Waals surface area contributed by atoms with Gasteiger partial charge in [0, 0.05) is 32.0 Å². The number of fused-ring (bicyclic) bond motifs is 1. The van der Waals surface area contributed by atoms with Crippen LogP contribution in [-0.2, 0) is 11.3 Å². The molecule has 0 spiro atoms. The Morgan fingerprint density at radius 2 is 2.25 bits per heavy atom. The molecule has 0 fully saturated rings. The molecule has 0 aliphatic heterocycles. The second-order valence-electron chi connectivity index (χ2n) is 5.19. The molecule has 0 saturated carbocycles. The number of aromatic nitrogens is 2. The van der Waals surface area contributed by atoms with Gasteiger partial charge in [0.25, 0.3) is 5.56 Å². The van der Waals surface area contributed by atoms with Gasteiger partial charge < -0.3 is 4.74 Å². The van der Waals surface area contributed by atoms with Crippen molar-refractivity contribution in [2.45, 2.75) is 26.4 Å². The highest BCUT2D eigenvalue weighted by atomic mass is 16.5. The first-order valence-corrected chi connectivity index (χ1v) is 6.70. The van der Waals surface area contributed by atoms with Gasteiger partial charge in [-0.3, -0.25) is 14.1 Å². The molecule has 2 heterocycles. The normalized spacial score (nSPS) is 13.1. The van der Waals surface area contributed by atoms with E-state index in [2.05, 4.69) is 16.8 Å². The summed E-state index contributed by atoms with van der Waals surface area (Å²) in [5.74, 6) is 0. The lowest BCUT2D eigenvalue weighted by atomic mass is 10.2. The number of nitrogens with zero attached hydrogens (tertiary/aromatic N) is 3. The fourth-order valence-corrected chi connectivity index (χ4v) is 2.17. The van der Waals surface area contributed by atoms with Crippen LogP contribution >= 0.6 is 0 Å². The second-order valence-corrected chi connectivity index (χ2v) is 5.19. The van der Waals surface area contributed by atoms with Crippen LogP contribution in [0.25, 0.3) is 5.65 Å². The van der Waals surface area contributed by atoms with Crippen LogP contribution in [0.3, 0.4) is 0 Å². The van der Waals surface area contributed by atoms with Gasteiger partial charge in [-0.1, -0.05) is 6.07 Å². The Morgan fingerprint density at radius 3 is 2.95 bits per heavy atom. The zero-order valence-corrected chi connectivity index (χ0v) is 12.5. The van der Waals surface area contributed by atoms with Crippen molar-refractivity contribution in [2.75, 3.05) is 20.8 Å². The van der Waals surface area contributed by atoms with E-state index in [9.17, 15) is 4.79 Å². The van der Waals surface area contributed by atoms with Gasteiger partial charge in [0.1, 0.15) is 5.65 Å². The van der Waals surface area contributed by atoms with E-state index < -0.39 is 0 Å². The molecule has 0 radical (unpaired) electrons. The number of likely N-dealkylation sites (N-methyl/N-ethyl adjacent to an activating group) is 1. The predicted molar refractivity (Wildman–Crippen MR) is 79.0 cm³/mol. The summed E-state index contributed by atoms with van der Waals surface area (Å²) < 4.78 is 6.73. The van der Waals surface area contributed by atoms with E-state index in [4.69, 9.17) is 4.74 Å². The van der Waals surface area contributed by atoms with Crippen LogP contribution in [-0.4, -0.2) is 41.1 Å². The molecule has 108 valence electrons. The van der Waals surface area contributed by atoms with Gasteiger partial charge in [0.05, 0.1) is 12.3 Å². The van der Waals surface area contributed by atoms with Gasteiger partial charge in [-0.05, 0) is 32.5 Å². The third-order valence-electron chi connectivity index (χ3n) is 3.51. The molecule has 2 rings (SSSR count). The van der Waals surface area contributed by atoms with Crippen LogP contribution in [0.4, 0.5) is 0 Å².